The van der Waals surface area contributed by atoms with Crippen LogP contribution in [0.1, 0.15) is 0 Å². The number of aromatic nitrogens is 3. The van der Waals surface area contributed by atoms with Crippen molar-refractivity contribution in [1.82, 2.24) is 15.4 Å². The molecule has 0 fully saturated rings. The number of H-pyrrole nitrogens is 1. The monoisotopic (exact) mass is 359 g/mol. The number of carbonyl (C=O) groups excluding carboxylic acids is 2. The highest BCUT2D eigenvalue weighted by molar-refractivity contribution is 7.90. The van der Waals surface area contributed by atoms with E-state index in [1.165, 1.54) is 12.5 Å². The lowest BCUT2D eigenvalue weighted by Crippen LogP contribution is -1.96. The van der Waals surface area contributed by atoms with Crippen LogP contribution in [0.15, 0.2) is 59.6 Å². The van der Waals surface area contributed by atoms with Gasteiger partial charge in [-0.1, -0.05) is 24.3 Å². The Kier molecular flexibility index (Phi) is 5.78. The Balaban J connectivity index is 0.000000701. The Bertz CT molecular complexity index is 944. The number of nitrogens with zero attached hydrogens (tertiary/aromatic N) is 2. The smallest absolute Gasteiger partial charge is 0.373 e. The van der Waals surface area contributed by atoms with Gasteiger partial charge >= 0.3 is 6.15 Å². The summed E-state index contributed by atoms with van der Waals surface area (Å²) in [5.41, 5.74) is 1.90. The average Bonchev–Trinajstić information content (AvgIpc) is 3.09. The van der Waals surface area contributed by atoms with Gasteiger partial charge in [0.15, 0.2) is 9.84 Å². The van der Waals surface area contributed by atoms with Crippen LogP contribution >= 0.6 is 0 Å². The summed E-state index contributed by atoms with van der Waals surface area (Å²) in [7, 11) is -3.17. The van der Waals surface area contributed by atoms with Crippen LogP contribution in [0.5, 0.6) is 11.6 Å². The summed E-state index contributed by atoms with van der Waals surface area (Å²) >= 11 is 0. The van der Waals surface area contributed by atoms with Gasteiger partial charge in [-0.05, 0) is 35.4 Å². The summed E-state index contributed by atoms with van der Waals surface area (Å²) in [6, 6.07) is 14.2. The third-order valence-electron chi connectivity index (χ3n) is 3.09. The average molecular weight is 359 g/mol. The first-order valence-electron chi connectivity index (χ1n) is 6.87. The Morgan fingerprint density at radius 3 is 1.92 bits per heavy atom. The summed E-state index contributed by atoms with van der Waals surface area (Å²) in [6.45, 7) is 0. The van der Waals surface area contributed by atoms with Gasteiger partial charge in [-0.25, -0.2) is 8.42 Å². The van der Waals surface area contributed by atoms with E-state index in [2.05, 4.69) is 15.4 Å². The highest BCUT2D eigenvalue weighted by atomic mass is 32.2. The van der Waals surface area contributed by atoms with Gasteiger partial charge in [0.05, 0.1) is 4.90 Å². The molecule has 25 heavy (non-hydrogen) atoms. The van der Waals surface area contributed by atoms with E-state index in [4.69, 9.17) is 14.3 Å². The zero-order valence-corrected chi connectivity index (χ0v) is 13.9. The molecular formula is C16H13N3O5S. The topological polar surface area (TPSA) is 119 Å². The molecule has 0 spiro atoms. The fraction of sp³-hybridized carbons (Fsp3) is 0.0625. The van der Waals surface area contributed by atoms with Crippen molar-refractivity contribution < 1.29 is 22.7 Å². The summed E-state index contributed by atoms with van der Waals surface area (Å²) < 4.78 is 28.4. The van der Waals surface area contributed by atoms with Crippen molar-refractivity contribution in [3.8, 4) is 22.8 Å². The van der Waals surface area contributed by atoms with Crippen molar-refractivity contribution >= 4 is 16.0 Å². The number of aromatic amines is 1. The lowest BCUT2D eigenvalue weighted by atomic mass is 10.1. The molecule has 3 rings (SSSR count). The first-order chi connectivity index (χ1) is 11.9. The largest absolute Gasteiger partial charge is 0.436 e. The summed E-state index contributed by atoms with van der Waals surface area (Å²) in [6.07, 6.45) is 2.93. The summed E-state index contributed by atoms with van der Waals surface area (Å²) in [4.78, 5) is 16.6. The van der Waals surface area contributed by atoms with Crippen molar-refractivity contribution in [2.75, 3.05) is 6.26 Å². The van der Waals surface area contributed by atoms with Crippen LogP contribution in [0.25, 0.3) is 11.1 Å². The van der Waals surface area contributed by atoms with Gasteiger partial charge in [0, 0.05) is 6.26 Å². The Morgan fingerprint density at radius 2 is 1.48 bits per heavy atom. The van der Waals surface area contributed by atoms with E-state index in [0.717, 1.165) is 11.1 Å². The molecule has 1 N–H and O–H groups in total. The second kappa shape index (κ2) is 8.00. The van der Waals surface area contributed by atoms with Crippen LogP contribution in [-0.2, 0) is 19.4 Å². The van der Waals surface area contributed by atoms with Gasteiger partial charge in [-0.2, -0.15) is 19.9 Å². The van der Waals surface area contributed by atoms with E-state index in [0.29, 0.717) is 16.5 Å². The van der Waals surface area contributed by atoms with Crippen molar-refractivity contribution in [3.05, 3.63) is 54.7 Å². The number of hydrogen-bond acceptors (Lipinski definition) is 7. The number of hydrogen-bond donors (Lipinski definition) is 1. The minimum Gasteiger partial charge on any atom is -0.436 e. The standard InChI is InChI=1S/C15H13N3O3S.CO2/c1-22(19,20)14-8-4-12(5-9-14)11-2-6-13(7-3-11)21-15-10-16-18-17-15;2-1-3/h2-10H,1H3,(H,16,17,18);. The van der Waals surface area contributed by atoms with Gasteiger partial charge < -0.3 is 4.74 Å². The number of benzene rings is 2. The molecule has 0 aliphatic carbocycles. The first kappa shape index (κ1) is 18.1. The molecule has 0 radical (unpaired) electrons. The van der Waals surface area contributed by atoms with Crippen LogP contribution < -0.4 is 4.74 Å². The molecule has 1 heterocycles. The van der Waals surface area contributed by atoms with Crippen LogP contribution in [0.3, 0.4) is 0 Å². The molecule has 9 heteroatoms. The molecule has 0 bridgehead atoms. The fourth-order valence-electron chi connectivity index (χ4n) is 1.97. The van der Waals surface area contributed by atoms with Crippen LogP contribution in [0, 0.1) is 0 Å². The molecule has 128 valence electrons. The molecule has 0 aliphatic rings. The molecular weight excluding hydrogens is 346 g/mol. The quantitative estimate of drug-likeness (QED) is 0.757. The van der Waals surface area contributed by atoms with Gasteiger partial charge in [-0.15, -0.1) is 5.10 Å². The Labute approximate surface area is 143 Å². The second-order valence-electron chi connectivity index (χ2n) is 4.81. The van der Waals surface area contributed by atoms with Gasteiger partial charge in [-0.3, -0.25) is 0 Å². The highest BCUT2D eigenvalue weighted by Crippen LogP contribution is 2.25. The Hall–Kier alpha value is -3.29. The maximum atomic E-state index is 11.4. The molecule has 1 aromatic heterocycles. The number of nitrogens with one attached hydrogen (secondary N) is 1. The Morgan fingerprint density at radius 1 is 0.960 bits per heavy atom. The van der Waals surface area contributed by atoms with E-state index >= 15 is 0 Å². The summed E-state index contributed by atoms with van der Waals surface area (Å²) in [5, 5.41) is 9.94. The van der Waals surface area contributed by atoms with Crippen LogP contribution in [-0.4, -0.2) is 36.2 Å². The lowest BCUT2D eigenvalue weighted by Gasteiger charge is -2.05. The SMILES string of the molecule is CS(=O)(=O)c1ccc(-c2ccc(Oc3cn[nH]n3)cc2)cc1.O=C=O. The van der Waals surface area contributed by atoms with E-state index in [9.17, 15) is 8.42 Å². The minimum atomic E-state index is -3.17. The minimum absolute atomic E-state index is 0.250. The number of rotatable bonds is 4. The van der Waals surface area contributed by atoms with E-state index in [1.54, 1.807) is 24.3 Å². The molecule has 0 amide bonds. The number of sulfone groups is 1. The van der Waals surface area contributed by atoms with Crippen LogP contribution in [0.4, 0.5) is 0 Å². The van der Waals surface area contributed by atoms with E-state index in [1.807, 2.05) is 24.3 Å². The van der Waals surface area contributed by atoms with E-state index < -0.39 is 9.84 Å². The zero-order valence-electron chi connectivity index (χ0n) is 13.0. The lowest BCUT2D eigenvalue weighted by molar-refractivity contribution is -0.191. The van der Waals surface area contributed by atoms with Crippen molar-refractivity contribution in [2.24, 2.45) is 0 Å². The fourth-order valence-corrected chi connectivity index (χ4v) is 2.60. The zero-order chi connectivity index (χ0) is 18.3. The van der Waals surface area contributed by atoms with Gasteiger partial charge in [0.1, 0.15) is 11.9 Å². The number of ether oxygens (including phenoxy) is 1. The molecule has 0 aliphatic heterocycles. The molecule has 0 saturated heterocycles. The normalized spacial score (nSPS) is 10.3. The highest BCUT2D eigenvalue weighted by Gasteiger charge is 2.07. The van der Waals surface area contributed by atoms with Gasteiger partial charge in [0.2, 0.25) is 0 Å². The molecule has 0 saturated carbocycles. The third-order valence-corrected chi connectivity index (χ3v) is 4.21. The first-order valence-corrected chi connectivity index (χ1v) is 8.76. The maximum Gasteiger partial charge on any atom is 0.373 e. The molecule has 2 aromatic carbocycles. The third kappa shape index (κ3) is 5.10. The molecule has 3 aromatic rings. The molecule has 8 nitrogen and oxygen atoms in total. The van der Waals surface area contributed by atoms with Crippen molar-refractivity contribution in [2.45, 2.75) is 4.90 Å². The molecule has 0 atom stereocenters. The van der Waals surface area contributed by atoms with Crippen LogP contribution in [0.2, 0.25) is 0 Å². The maximum absolute atomic E-state index is 11.4. The van der Waals surface area contributed by atoms with Crippen molar-refractivity contribution in [1.29, 1.82) is 0 Å². The van der Waals surface area contributed by atoms with Gasteiger partial charge in [0.25, 0.3) is 5.88 Å². The second-order valence-corrected chi connectivity index (χ2v) is 6.83. The van der Waals surface area contributed by atoms with Crippen molar-refractivity contribution in [3.63, 3.8) is 0 Å². The predicted octanol–water partition coefficient (Wildman–Crippen LogP) is 2.08. The predicted molar refractivity (Wildman–Crippen MR) is 86.5 cm³/mol. The summed E-state index contributed by atoms with van der Waals surface area (Å²) in [5.74, 6) is 1.04. The molecule has 0 unspecified atom stereocenters. The van der Waals surface area contributed by atoms with E-state index in [-0.39, 0.29) is 6.15 Å².